The van der Waals surface area contributed by atoms with Gasteiger partial charge in [-0.05, 0) is 38.3 Å². The summed E-state index contributed by atoms with van der Waals surface area (Å²) in [6, 6.07) is 8.89. The minimum atomic E-state index is -0.610. The maximum absolute atomic E-state index is 12.0. The average molecular weight is 374 g/mol. The van der Waals surface area contributed by atoms with Gasteiger partial charge in [0.15, 0.2) is 6.10 Å². The lowest BCUT2D eigenvalue weighted by atomic mass is 10.1. The number of para-hydroxylation sites is 1. The van der Waals surface area contributed by atoms with E-state index in [0.29, 0.717) is 13.0 Å². The largest absolute Gasteiger partial charge is 0.484 e. The fourth-order valence-corrected chi connectivity index (χ4v) is 2.35. The van der Waals surface area contributed by atoms with Crippen molar-refractivity contribution in [1.82, 2.24) is 0 Å². The smallest absolute Gasteiger partial charge is 0.323 e. The fourth-order valence-electron chi connectivity index (χ4n) is 2.35. The highest BCUT2D eigenvalue weighted by Gasteiger charge is 2.32. The number of carbonyl (C=O) groups is 1. The van der Waals surface area contributed by atoms with Crippen molar-refractivity contribution in [3.63, 3.8) is 0 Å². The SMILES string of the molecule is CCCO[C@@H](CC)[C@@H](Oc1ccccc1)[C@H](C)OC(=O)[C@@H](N)CC.Cl. The molecular weight excluding hydrogens is 342 g/mol. The van der Waals surface area contributed by atoms with Crippen molar-refractivity contribution in [2.75, 3.05) is 6.61 Å². The first-order valence-electron chi connectivity index (χ1n) is 8.82. The lowest BCUT2D eigenvalue weighted by Gasteiger charge is -2.32. The van der Waals surface area contributed by atoms with Gasteiger partial charge in [0.05, 0.1) is 6.10 Å². The lowest BCUT2D eigenvalue weighted by Crippen LogP contribution is -2.46. The highest BCUT2D eigenvalue weighted by Crippen LogP contribution is 2.20. The second-order valence-corrected chi connectivity index (χ2v) is 5.87. The third-order valence-electron chi connectivity index (χ3n) is 3.83. The van der Waals surface area contributed by atoms with E-state index in [-0.39, 0.29) is 18.5 Å². The number of carbonyl (C=O) groups excluding carboxylic acids is 1. The molecule has 0 aliphatic carbocycles. The van der Waals surface area contributed by atoms with E-state index in [0.717, 1.165) is 18.6 Å². The molecule has 2 N–H and O–H groups in total. The molecule has 0 heterocycles. The zero-order chi connectivity index (χ0) is 17.9. The molecule has 0 bridgehead atoms. The summed E-state index contributed by atoms with van der Waals surface area (Å²) in [7, 11) is 0. The quantitative estimate of drug-likeness (QED) is 0.598. The zero-order valence-electron chi connectivity index (χ0n) is 15.6. The van der Waals surface area contributed by atoms with Crippen LogP contribution in [-0.2, 0) is 14.3 Å². The molecule has 0 unspecified atom stereocenters. The summed E-state index contributed by atoms with van der Waals surface area (Å²) in [6.07, 6.45) is 1.21. The van der Waals surface area contributed by atoms with Crippen molar-refractivity contribution in [2.45, 2.75) is 71.3 Å². The molecule has 0 spiro atoms. The third-order valence-corrected chi connectivity index (χ3v) is 3.83. The maximum Gasteiger partial charge on any atom is 0.323 e. The molecule has 0 saturated heterocycles. The van der Waals surface area contributed by atoms with Gasteiger partial charge >= 0.3 is 5.97 Å². The van der Waals surface area contributed by atoms with Crippen LogP contribution < -0.4 is 10.5 Å². The average Bonchev–Trinajstić information content (AvgIpc) is 2.61. The number of nitrogens with two attached hydrogens (primary N) is 1. The number of rotatable bonds is 11. The van der Waals surface area contributed by atoms with Crippen LogP contribution in [0.5, 0.6) is 5.75 Å². The molecule has 4 atom stereocenters. The molecule has 0 radical (unpaired) electrons. The summed E-state index contributed by atoms with van der Waals surface area (Å²) in [5.41, 5.74) is 5.76. The number of benzene rings is 1. The summed E-state index contributed by atoms with van der Waals surface area (Å²) in [5, 5.41) is 0. The van der Waals surface area contributed by atoms with E-state index in [9.17, 15) is 4.79 Å². The normalized spacial score (nSPS) is 15.4. The number of esters is 1. The van der Waals surface area contributed by atoms with Crippen LogP contribution >= 0.6 is 12.4 Å². The Morgan fingerprint density at radius 2 is 1.76 bits per heavy atom. The Morgan fingerprint density at radius 1 is 1.12 bits per heavy atom. The van der Waals surface area contributed by atoms with E-state index >= 15 is 0 Å². The first kappa shape index (κ1) is 23.7. The Labute approximate surface area is 157 Å². The van der Waals surface area contributed by atoms with E-state index in [1.807, 2.05) is 51.1 Å². The molecule has 0 amide bonds. The van der Waals surface area contributed by atoms with E-state index in [1.165, 1.54) is 0 Å². The summed E-state index contributed by atoms with van der Waals surface area (Å²) in [4.78, 5) is 12.0. The molecule has 6 heteroatoms. The van der Waals surface area contributed by atoms with Gasteiger partial charge in [-0.1, -0.05) is 39.0 Å². The maximum atomic E-state index is 12.0. The van der Waals surface area contributed by atoms with E-state index in [1.54, 1.807) is 0 Å². The van der Waals surface area contributed by atoms with Crippen molar-refractivity contribution >= 4 is 18.4 Å². The molecule has 1 aromatic carbocycles. The van der Waals surface area contributed by atoms with Gasteiger partial charge in [-0.2, -0.15) is 0 Å². The molecule has 0 aliphatic rings. The molecule has 0 saturated carbocycles. The number of halogens is 1. The highest BCUT2D eigenvalue weighted by molar-refractivity contribution is 5.85. The molecule has 1 rings (SSSR count). The number of hydrogen-bond donors (Lipinski definition) is 1. The topological polar surface area (TPSA) is 70.8 Å². The van der Waals surface area contributed by atoms with Crippen molar-refractivity contribution in [3.8, 4) is 5.75 Å². The molecular formula is C19H32ClNO4. The number of hydrogen-bond acceptors (Lipinski definition) is 5. The van der Waals surface area contributed by atoms with Gasteiger partial charge in [0.1, 0.15) is 17.9 Å². The van der Waals surface area contributed by atoms with Crippen molar-refractivity contribution in [2.24, 2.45) is 5.73 Å². The predicted octanol–water partition coefficient (Wildman–Crippen LogP) is 3.73. The molecule has 25 heavy (non-hydrogen) atoms. The van der Waals surface area contributed by atoms with Gasteiger partial charge in [0, 0.05) is 6.61 Å². The molecule has 0 fully saturated rings. The van der Waals surface area contributed by atoms with E-state index < -0.39 is 24.2 Å². The standard InChI is InChI=1S/C19H31NO4.ClH/c1-5-13-22-17(7-3)18(24-15-11-9-8-10-12-15)14(4)23-19(21)16(20)6-2;/h8-12,14,16-18H,5-7,13,20H2,1-4H3;1H/t14-,16-,17-,18-;/m0./s1. The second-order valence-electron chi connectivity index (χ2n) is 5.87. The Bertz CT molecular complexity index is 472. The Morgan fingerprint density at radius 3 is 2.28 bits per heavy atom. The van der Waals surface area contributed by atoms with Crippen molar-refractivity contribution < 1.29 is 19.0 Å². The van der Waals surface area contributed by atoms with Gasteiger partial charge in [0.2, 0.25) is 0 Å². The second kappa shape index (κ2) is 13.0. The van der Waals surface area contributed by atoms with Crippen LogP contribution in [0.4, 0.5) is 0 Å². The monoisotopic (exact) mass is 373 g/mol. The third kappa shape index (κ3) is 8.08. The van der Waals surface area contributed by atoms with Crippen molar-refractivity contribution in [1.29, 1.82) is 0 Å². The Kier molecular flexibility index (Phi) is 12.3. The molecule has 5 nitrogen and oxygen atoms in total. The summed E-state index contributed by atoms with van der Waals surface area (Å²) in [5.74, 6) is 0.320. The van der Waals surface area contributed by atoms with Crippen LogP contribution in [0.2, 0.25) is 0 Å². The molecule has 1 aromatic rings. The Hall–Kier alpha value is -1.30. The van der Waals surface area contributed by atoms with Crippen LogP contribution in [0.15, 0.2) is 30.3 Å². The van der Waals surface area contributed by atoms with Crippen LogP contribution in [-0.4, -0.2) is 36.9 Å². The van der Waals surface area contributed by atoms with Crippen LogP contribution in [0.25, 0.3) is 0 Å². The minimum absolute atomic E-state index is 0. The van der Waals surface area contributed by atoms with Crippen molar-refractivity contribution in [3.05, 3.63) is 30.3 Å². The van der Waals surface area contributed by atoms with E-state index in [4.69, 9.17) is 19.9 Å². The molecule has 0 aromatic heterocycles. The van der Waals surface area contributed by atoms with Gasteiger partial charge in [-0.3, -0.25) is 4.79 Å². The van der Waals surface area contributed by atoms with Gasteiger partial charge in [0.25, 0.3) is 0 Å². The fraction of sp³-hybridized carbons (Fsp3) is 0.632. The van der Waals surface area contributed by atoms with Gasteiger partial charge < -0.3 is 19.9 Å². The van der Waals surface area contributed by atoms with Crippen LogP contribution in [0.3, 0.4) is 0 Å². The molecule has 144 valence electrons. The first-order chi connectivity index (χ1) is 11.5. The number of ether oxygens (including phenoxy) is 3. The molecule has 0 aliphatic heterocycles. The van der Waals surface area contributed by atoms with Crippen LogP contribution in [0, 0.1) is 0 Å². The van der Waals surface area contributed by atoms with E-state index in [2.05, 4.69) is 6.92 Å². The summed E-state index contributed by atoms with van der Waals surface area (Å²) in [6.45, 7) is 8.42. The lowest BCUT2D eigenvalue weighted by molar-refractivity contribution is -0.160. The zero-order valence-corrected chi connectivity index (χ0v) is 16.5. The summed E-state index contributed by atoms with van der Waals surface area (Å²) < 4.78 is 17.5. The highest BCUT2D eigenvalue weighted by atomic mass is 35.5. The Balaban J connectivity index is 0.00000576. The first-order valence-corrected chi connectivity index (χ1v) is 8.82. The van der Waals surface area contributed by atoms with Crippen LogP contribution in [0.1, 0.15) is 47.0 Å². The van der Waals surface area contributed by atoms with Gasteiger partial charge in [-0.15, -0.1) is 12.4 Å². The summed E-state index contributed by atoms with van der Waals surface area (Å²) >= 11 is 0. The minimum Gasteiger partial charge on any atom is -0.484 e. The predicted molar refractivity (Wildman–Crippen MR) is 102 cm³/mol. The van der Waals surface area contributed by atoms with Gasteiger partial charge in [-0.25, -0.2) is 0 Å².